The summed E-state index contributed by atoms with van der Waals surface area (Å²) in [5.74, 6) is -0.320. The second-order valence-corrected chi connectivity index (χ2v) is 5.95. The number of hydrogen-bond acceptors (Lipinski definition) is 5. The maximum absolute atomic E-state index is 12.4. The van der Waals surface area contributed by atoms with Gasteiger partial charge < -0.3 is 10.4 Å². The molecule has 6 heteroatoms. The number of hydroxylamine groups is 1. The minimum Gasteiger partial charge on any atom is -0.392 e. The summed E-state index contributed by atoms with van der Waals surface area (Å²) in [7, 11) is 0. The Labute approximate surface area is 157 Å². The maximum atomic E-state index is 12.4. The summed E-state index contributed by atoms with van der Waals surface area (Å²) >= 11 is 0. The van der Waals surface area contributed by atoms with Crippen LogP contribution in [0.2, 0.25) is 0 Å². The molecule has 0 fully saturated rings. The Morgan fingerprint density at radius 3 is 2.37 bits per heavy atom. The minimum absolute atomic E-state index is 0.00114. The predicted octanol–water partition coefficient (Wildman–Crippen LogP) is 3.05. The van der Waals surface area contributed by atoms with Crippen molar-refractivity contribution < 1.29 is 14.7 Å². The van der Waals surface area contributed by atoms with Crippen molar-refractivity contribution in [1.82, 2.24) is 10.5 Å². The second kappa shape index (κ2) is 9.47. The molecule has 0 atom stereocenters. The lowest BCUT2D eigenvalue weighted by Crippen LogP contribution is -2.24. The number of carbonyl (C=O) groups is 1. The molecule has 0 bridgehead atoms. The molecular formula is C21H21N3O3. The van der Waals surface area contributed by atoms with E-state index in [0.717, 1.165) is 22.4 Å². The van der Waals surface area contributed by atoms with Crippen LogP contribution in [0.1, 0.15) is 27.0 Å². The second-order valence-electron chi connectivity index (χ2n) is 5.95. The monoisotopic (exact) mass is 363 g/mol. The van der Waals surface area contributed by atoms with Gasteiger partial charge in [-0.1, -0.05) is 36.4 Å². The number of hydrogen-bond donors (Lipinski definition) is 3. The van der Waals surface area contributed by atoms with Gasteiger partial charge in [-0.15, -0.1) is 0 Å². The van der Waals surface area contributed by atoms with E-state index < -0.39 is 0 Å². The van der Waals surface area contributed by atoms with Crippen molar-refractivity contribution in [2.75, 3.05) is 5.32 Å². The number of amides is 1. The first kappa shape index (κ1) is 18.6. The number of nitrogens with zero attached hydrogens (tertiary/aromatic N) is 1. The Kier molecular flexibility index (Phi) is 6.51. The average molecular weight is 363 g/mol. The van der Waals surface area contributed by atoms with Crippen LogP contribution in [0.5, 0.6) is 0 Å². The molecule has 0 unspecified atom stereocenters. The zero-order chi connectivity index (χ0) is 18.9. The topological polar surface area (TPSA) is 83.5 Å². The highest BCUT2D eigenvalue weighted by molar-refractivity contribution is 5.98. The van der Waals surface area contributed by atoms with Gasteiger partial charge in [0.1, 0.15) is 0 Å². The van der Waals surface area contributed by atoms with E-state index in [4.69, 9.17) is 9.94 Å². The van der Waals surface area contributed by atoms with Gasteiger partial charge in [0.05, 0.1) is 18.8 Å². The van der Waals surface area contributed by atoms with Crippen LogP contribution in [-0.2, 0) is 24.6 Å². The molecule has 1 amide bonds. The molecule has 1 heterocycles. The molecule has 0 radical (unpaired) electrons. The third kappa shape index (κ3) is 5.37. The number of nitrogens with one attached hydrogen (secondary N) is 2. The number of para-hydroxylation sites is 1. The molecule has 27 heavy (non-hydrogen) atoms. The molecule has 0 spiro atoms. The number of rotatable bonds is 8. The van der Waals surface area contributed by atoms with Crippen LogP contribution in [0.3, 0.4) is 0 Å². The molecule has 138 valence electrons. The maximum Gasteiger partial charge on any atom is 0.276 e. The van der Waals surface area contributed by atoms with Gasteiger partial charge in [0.25, 0.3) is 5.91 Å². The van der Waals surface area contributed by atoms with Gasteiger partial charge in [0.2, 0.25) is 0 Å². The zero-order valence-electron chi connectivity index (χ0n) is 14.8. The van der Waals surface area contributed by atoms with Gasteiger partial charge in [-0.3, -0.25) is 14.6 Å². The minimum atomic E-state index is -0.320. The van der Waals surface area contributed by atoms with E-state index >= 15 is 0 Å². The Balaban J connectivity index is 1.56. The molecule has 3 aromatic rings. The van der Waals surface area contributed by atoms with Crippen LogP contribution in [0.4, 0.5) is 5.69 Å². The number of aliphatic hydroxyl groups excluding tert-OH is 1. The van der Waals surface area contributed by atoms with Crippen LogP contribution in [0.25, 0.3) is 0 Å². The number of pyridine rings is 1. The number of benzene rings is 2. The molecule has 0 saturated heterocycles. The van der Waals surface area contributed by atoms with Gasteiger partial charge >= 0.3 is 0 Å². The number of anilines is 1. The Hall–Kier alpha value is -3.22. The predicted molar refractivity (Wildman–Crippen MR) is 103 cm³/mol. The lowest BCUT2D eigenvalue weighted by atomic mass is 10.1. The number of carbonyl (C=O) groups excluding carboxylic acids is 1. The molecular weight excluding hydrogens is 342 g/mol. The van der Waals surface area contributed by atoms with Gasteiger partial charge in [-0.25, -0.2) is 5.48 Å². The van der Waals surface area contributed by atoms with E-state index in [1.165, 1.54) is 0 Å². The van der Waals surface area contributed by atoms with E-state index in [-0.39, 0.29) is 19.1 Å². The van der Waals surface area contributed by atoms with E-state index in [9.17, 15) is 4.79 Å². The van der Waals surface area contributed by atoms with Crippen molar-refractivity contribution in [2.24, 2.45) is 0 Å². The molecule has 3 rings (SSSR count). The van der Waals surface area contributed by atoms with E-state index in [2.05, 4.69) is 15.8 Å². The average Bonchev–Trinajstić information content (AvgIpc) is 2.73. The Morgan fingerprint density at radius 1 is 0.926 bits per heavy atom. The van der Waals surface area contributed by atoms with Crippen molar-refractivity contribution in [3.63, 3.8) is 0 Å². The Bertz CT molecular complexity index is 867. The number of aromatic nitrogens is 1. The molecule has 0 saturated carbocycles. The molecule has 3 N–H and O–H groups in total. The highest BCUT2D eigenvalue weighted by atomic mass is 16.6. The van der Waals surface area contributed by atoms with E-state index in [1.54, 1.807) is 24.5 Å². The smallest absolute Gasteiger partial charge is 0.276 e. The lowest BCUT2D eigenvalue weighted by Gasteiger charge is -2.12. The standard InChI is InChI=1S/C21H21N3O3/c25-14-17-5-7-18(8-6-17)15-27-24-21(26)19-3-1-2-4-20(19)23-13-16-9-11-22-12-10-16/h1-12,23,25H,13-15H2,(H,24,26). The SMILES string of the molecule is O=C(NOCc1ccc(CO)cc1)c1ccccc1NCc1ccncc1. The highest BCUT2D eigenvalue weighted by Gasteiger charge is 2.11. The summed E-state index contributed by atoms with van der Waals surface area (Å²) in [6.45, 7) is 0.829. The van der Waals surface area contributed by atoms with E-state index in [1.807, 2.05) is 48.5 Å². The van der Waals surface area contributed by atoms with Crippen molar-refractivity contribution in [3.8, 4) is 0 Å². The normalized spacial score (nSPS) is 10.4. The molecule has 0 aliphatic carbocycles. The number of aliphatic hydroxyl groups is 1. The zero-order valence-corrected chi connectivity index (χ0v) is 14.8. The Morgan fingerprint density at radius 2 is 1.63 bits per heavy atom. The van der Waals surface area contributed by atoms with Crippen LogP contribution in [-0.4, -0.2) is 16.0 Å². The lowest BCUT2D eigenvalue weighted by molar-refractivity contribution is 0.0234. The fraction of sp³-hybridized carbons (Fsp3) is 0.143. The molecule has 2 aromatic carbocycles. The summed E-state index contributed by atoms with van der Waals surface area (Å²) in [6, 6.07) is 18.4. The van der Waals surface area contributed by atoms with Gasteiger partial charge in [-0.05, 0) is 41.0 Å². The third-order valence-corrected chi connectivity index (χ3v) is 4.01. The summed E-state index contributed by atoms with van der Waals surface area (Å²) < 4.78 is 0. The summed E-state index contributed by atoms with van der Waals surface area (Å²) in [5.41, 5.74) is 6.51. The van der Waals surface area contributed by atoms with Crippen LogP contribution in [0, 0.1) is 0 Å². The van der Waals surface area contributed by atoms with Crippen LogP contribution >= 0.6 is 0 Å². The van der Waals surface area contributed by atoms with Crippen molar-refractivity contribution >= 4 is 11.6 Å². The van der Waals surface area contributed by atoms with Crippen molar-refractivity contribution in [2.45, 2.75) is 19.8 Å². The highest BCUT2D eigenvalue weighted by Crippen LogP contribution is 2.16. The van der Waals surface area contributed by atoms with Gasteiger partial charge in [0.15, 0.2) is 0 Å². The van der Waals surface area contributed by atoms with Crippen LogP contribution < -0.4 is 10.8 Å². The van der Waals surface area contributed by atoms with Gasteiger partial charge in [0, 0.05) is 24.6 Å². The summed E-state index contributed by atoms with van der Waals surface area (Å²) in [6.07, 6.45) is 3.47. The van der Waals surface area contributed by atoms with Crippen molar-refractivity contribution in [1.29, 1.82) is 0 Å². The van der Waals surface area contributed by atoms with Crippen molar-refractivity contribution in [3.05, 3.63) is 95.3 Å². The van der Waals surface area contributed by atoms with Gasteiger partial charge in [-0.2, -0.15) is 0 Å². The quantitative estimate of drug-likeness (QED) is 0.536. The fourth-order valence-corrected chi connectivity index (χ4v) is 2.51. The van der Waals surface area contributed by atoms with Crippen LogP contribution in [0.15, 0.2) is 73.1 Å². The molecule has 6 nitrogen and oxygen atoms in total. The first-order valence-corrected chi connectivity index (χ1v) is 8.59. The largest absolute Gasteiger partial charge is 0.392 e. The summed E-state index contributed by atoms with van der Waals surface area (Å²) in [4.78, 5) is 21.8. The fourth-order valence-electron chi connectivity index (χ4n) is 2.51. The first-order chi connectivity index (χ1) is 13.3. The molecule has 1 aromatic heterocycles. The molecule has 0 aliphatic heterocycles. The summed E-state index contributed by atoms with van der Waals surface area (Å²) in [5, 5.41) is 12.3. The third-order valence-electron chi connectivity index (χ3n) is 4.01. The first-order valence-electron chi connectivity index (χ1n) is 8.59. The van der Waals surface area contributed by atoms with E-state index in [0.29, 0.717) is 12.1 Å². The molecule has 0 aliphatic rings.